The molecule has 1 heteroatoms. The van der Waals surface area contributed by atoms with Crippen molar-refractivity contribution in [3.63, 3.8) is 0 Å². The van der Waals surface area contributed by atoms with E-state index in [-0.39, 0.29) is 0 Å². The molecular weight excluding hydrogens is 116 g/mol. The lowest BCUT2D eigenvalue weighted by Crippen LogP contribution is -1.72. The van der Waals surface area contributed by atoms with Gasteiger partial charge in [0, 0.05) is 17.9 Å². The first-order valence-electron chi connectivity index (χ1n) is 2.78. The van der Waals surface area contributed by atoms with Crippen LogP contribution in [-0.2, 0) is 0 Å². The van der Waals surface area contributed by atoms with Gasteiger partial charge in [-0.2, -0.15) is 11.8 Å². The van der Waals surface area contributed by atoms with E-state index in [0.29, 0.717) is 0 Å². The Morgan fingerprint density at radius 1 is 1.75 bits per heavy atom. The van der Waals surface area contributed by atoms with Gasteiger partial charge in [-0.3, -0.25) is 0 Å². The quantitative estimate of drug-likeness (QED) is 0.412. The summed E-state index contributed by atoms with van der Waals surface area (Å²) < 4.78 is 0. The van der Waals surface area contributed by atoms with Crippen molar-refractivity contribution in [2.75, 3.05) is 5.75 Å². The molecule has 0 amide bonds. The lowest BCUT2D eigenvalue weighted by molar-refractivity contribution is 1.19. The van der Waals surface area contributed by atoms with Crippen molar-refractivity contribution in [2.45, 2.75) is 19.8 Å². The number of thioether (sulfide) groups is 1. The van der Waals surface area contributed by atoms with Crippen LogP contribution in [0.3, 0.4) is 0 Å². The maximum Gasteiger partial charge on any atom is 0.0177 e. The molecule has 0 aromatic carbocycles. The molecule has 0 bridgehead atoms. The molecule has 0 heterocycles. The van der Waals surface area contributed by atoms with Gasteiger partial charge >= 0.3 is 0 Å². The third-order valence-electron chi connectivity index (χ3n) is 0.649. The first-order chi connectivity index (χ1) is 3.91. The lowest BCUT2D eigenvalue weighted by atomic mass is 10.5. The molecule has 0 aliphatic rings. The molecule has 0 aromatic rings. The van der Waals surface area contributed by atoms with E-state index in [0.717, 1.165) is 18.6 Å². The van der Waals surface area contributed by atoms with Crippen molar-refractivity contribution >= 4 is 11.8 Å². The van der Waals surface area contributed by atoms with Gasteiger partial charge in [0.1, 0.15) is 0 Å². The van der Waals surface area contributed by atoms with Gasteiger partial charge in [-0.15, -0.1) is 12.3 Å². The Bertz CT molecular complexity index is 70.9. The molecule has 8 heavy (non-hydrogen) atoms. The van der Waals surface area contributed by atoms with Gasteiger partial charge in [0.2, 0.25) is 0 Å². The van der Waals surface area contributed by atoms with Crippen molar-refractivity contribution in [3.05, 3.63) is 5.75 Å². The summed E-state index contributed by atoms with van der Waals surface area (Å²) in [5.74, 6) is 5.84. The van der Waals surface area contributed by atoms with Gasteiger partial charge < -0.3 is 0 Å². The first kappa shape index (κ1) is 7.91. The van der Waals surface area contributed by atoms with Crippen molar-refractivity contribution in [1.82, 2.24) is 0 Å². The summed E-state index contributed by atoms with van der Waals surface area (Å²) in [6, 6.07) is 0. The Morgan fingerprint density at radius 2 is 2.50 bits per heavy atom. The SMILES string of the molecule is C#CCCS[CH]CC. The van der Waals surface area contributed by atoms with E-state index in [1.165, 1.54) is 0 Å². The second-order valence-corrected chi connectivity index (χ2v) is 2.47. The Labute approximate surface area is 56.1 Å². The molecule has 0 nitrogen and oxygen atoms in total. The predicted molar refractivity (Wildman–Crippen MR) is 40.5 cm³/mol. The summed E-state index contributed by atoms with van der Waals surface area (Å²) in [5, 5.41) is 0. The Hall–Kier alpha value is -0.0900. The molecule has 0 aliphatic heterocycles. The highest BCUT2D eigenvalue weighted by Gasteiger charge is 1.82. The maximum absolute atomic E-state index is 5.03. The average Bonchev–Trinajstić information content (AvgIpc) is 1.81. The third kappa shape index (κ3) is 5.91. The number of hydrogen-bond donors (Lipinski definition) is 0. The minimum absolute atomic E-state index is 0.890. The topological polar surface area (TPSA) is 0 Å². The summed E-state index contributed by atoms with van der Waals surface area (Å²) in [6.07, 6.45) is 7.06. The largest absolute Gasteiger partial charge is 0.156 e. The number of terminal acetylenes is 1. The summed E-state index contributed by atoms with van der Waals surface area (Å²) in [7, 11) is 0. The monoisotopic (exact) mass is 127 g/mol. The zero-order chi connectivity index (χ0) is 6.24. The van der Waals surface area contributed by atoms with Crippen molar-refractivity contribution in [3.8, 4) is 12.3 Å². The minimum Gasteiger partial charge on any atom is -0.156 e. The summed E-state index contributed by atoms with van der Waals surface area (Å²) in [4.78, 5) is 0. The van der Waals surface area contributed by atoms with E-state index < -0.39 is 0 Å². The second kappa shape index (κ2) is 6.91. The second-order valence-electron chi connectivity index (χ2n) is 1.40. The van der Waals surface area contributed by atoms with Crippen LogP contribution >= 0.6 is 11.8 Å². The summed E-state index contributed by atoms with van der Waals surface area (Å²) >= 11 is 1.81. The van der Waals surface area contributed by atoms with Gasteiger partial charge in [-0.1, -0.05) is 6.92 Å². The van der Waals surface area contributed by atoms with Crippen LogP contribution in [0.15, 0.2) is 0 Å². The molecule has 0 unspecified atom stereocenters. The zero-order valence-corrected chi connectivity index (χ0v) is 6.00. The molecule has 0 aliphatic carbocycles. The fourth-order valence-electron chi connectivity index (χ4n) is 0.319. The van der Waals surface area contributed by atoms with Gasteiger partial charge in [-0.25, -0.2) is 0 Å². The molecule has 0 saturated heterocycles. The molecule has 0 atom stereocenters. The van der Waals surface area contributed by atoms with Crippen molar-refractivity contribution < 1.29 is 0 Å². The van der Waals surface area contributed by atoms with Crippen LogP contribution in [0.4, 0.5) is 0 Å². The predicted octanol–water partition coefficient (Wildman–Crippen LogP) is 2.31. The van der Waals surface area contributed by atoms with Crippen LogP contribution in [0.1, 0.15) is 19.8 Å². The molecule has 45 valence electrons. The molecule has 1 radical (unpaired) electrons. The van der Waals surface area contributed by atoms with Crippen LogP contribution in [0, 0.1) is 18.1 Å². The Kier molecular flexibility index (Phi) is 6.83. The highest BCUT2D eigenvalue weighted by atomic mass is 32.2. The van der Waals surface area contributed by atoms with Crippen molar-refractivity contribution in [1.29, 1.82) is 0 Å². The highest BCUT2D eigenvalue weighted by Crippen LogP contribution is 2.07. The van der Waals surface area contributed by atoms with E-state index in [1.54, 1.807) is 0 Å². The molecule has 0 aromatic heterocycles. The smallest absolute Gasteiger partial charge is 0.0177 e. The van der Waals surface area contributed by atoms with E-state index in [4.69, 9.17) is 6.42 Å². The third-order valence-corrected chi connectivity index (χ3v) is 1.66. The fourth-order valence-corrected chi connectivity index (χ4v) is 0.957. The van der Waals surface area contributed by atoms with Crippen molar-refractivity contribution in [2.24, 2.45) is 0 Å². The van der Waals surface area contributed by atoms with Gasteiger partial charge in [0.25, 0.3) is 0 Å². The fraction of sp³-hybridized carbons (Fsp3) is 0.571. The van der Waals surface area contributed by atoms with E-state index in [9.17, 15) is 0 Å². The molecule has 0 fully saturated rings. The highest BCUT2D eigenvalue weighted by molar-refractivity contribution is 8.01. The van der Waals surface area contributed by atoms with Crippen LogP contribution < -0.4 is 0 Å². The molecule has 0 N–H and O–H groups in total. The summed E-state index contributed by atoms with van der Waals surface area (Å²) in [5.41, 5.74) is 0. The zero-order valence-electron chi connectivity index (χ0n) is 5.18. The summed E-state index contributed by atoms with van der Waals surface area (Å²) in [6.45, 7) is 2.13. The van der Waals surface area contributed by atoms with Crippen LogP contribution in [0.2, 0.25) is 0 Å². The van der Waals surface area contributed by atoms with Gasteiger partial charge in [0.15, 0.2) is 0 Å². The standard InChI is InChI=1S/C7H11S/c1-3-5-7-8-6-4-2/h1,6H,4-5,7H2,2H3. The Morgan fingerprint density at radius 3 is 3.00 bits per heavy atom. The van der Waals surface area contributed by atoms with E-state index in [2.05, 4.69) is 18.6 Å². The van der Waals surface area contributed by atoms with Gasteiger partial charge in [-0.05, 0) is 6.42 Å². The Balaban J connectivity index is 2.65. The molecule has 0 saturated carbocycles. The van der Waals surface area contributed by atoms with Gasteiger partial charge in [0.05, 0.1) is 0 Å². The van der Waals surface area contributed by atoms with E-state index >= 15 is 0 Å². The lowest BCUT2D eigenvalue weighted by Gasteiger charge is -1.90. The van der Waals surface area contributed by atoms with Crippen LogP contribution in [-0.4, -0.2) is 5.75 Å². The number of rotatable bonds is 4. The average molecular weight is 127 g/mol. The minimum atomic E-state index is 0.890. The van der Waals surface area contributed by atoms with Crippen LogP contribution in [0.25, 0.3) is 0 Å². The molecule has 0 rings (SSSR count). The molecular formula is C7H11S. The number of hydrogen-bond acceptors (Lipinski definition) is 1. The first-order valence-corrected chi connectivity index (χ1v) is 3.83. The van der Waals surface area contributed by atoms with Crippen LogP contribution in [0.5, 0.6) is 0 Å². The maximum atomic E-state index is 5.03. The molecule has 0 spiro atoms. The van der Waals surface area contributed by atoms with E-state index in [1.807, 2.05) is 11.8 Å². The normalized spacial score (nSPS) is 8.50.